The molecule has 1 heterocycles. The van der Waals surface area contributed by atoms with Crippen LogP contribution < -0.4 is 0 Å². The van der Waals surface area contributed by atoms with Gasteiger partial charge in [-0.25, -0.2) is 4.57 Å². The Kier molecular flexibility index (Phi) is 7.95. The summed E-state index contributed by atoms with van der Waals surface area (Å²) in [5, 5.41) is 0.540. The Bertz CT molecular complexity index is 572. The lowest BCUT2D eigenvalue weighted by atomic mass is 10.3. The van der Waals surface area contributed by atoms with E-state index in [-0.39, 0.29) is 26.2 Å². The SMILES string of the molecule is O=CN1CCN(OP(=O)(OCC(F)(F)C(F)(F)F)OCC(F)(F)C(F)(F)F)CC1. The summed E-state index contributed by atoms with van der Waals surface area (Å²) in [7, 11) is -5.79. The molecule has 0 N–H and O–H groups in total. The minimum Gasteiger partial charge on any atom is -0.343 e. The van der Waals surface area contributed by atoms with E-state index in [0.717, 1.165) is 4.90 Å². The van der Waals surface area contributed by atoms with Gasteiger partial charge in [0.15, 0.2) is 0 Å². The van der Waals surface area contributed by atoms with Crippen molar-refractivity contribution in [3.8, 4) is 0 Å². The van der Waals surface area contributed by atoms with Crippen LogP contribution in [0.15, 0.2) is 0 Å². The summed E-state index contributed by atoms with van der Waals surface area (Å²) in [6.45, 7) is -6.47. The standard InChI is InChI=1S/C11H13F10N2O5P/c12-8(13,10(16,17)18)5-26-29(25,27-6-9(14,15)11(19,20)21)28-23-3-1-22(7-24)2-4-23/h7H,1-6H2. The number of carbonyl (C=O) groups is 1. The zero-order valence-electron chi connectivity index (χ0n) is 14.0. The summed E-state index contributed by atoms with van der Waals surface area (Å²) in [5.41, 5.74) is 0. The molecule has 0 aromatic rings. The van der Waals surface area contributed by atoms with Crippen LogP contribution in [0.3, 0.4) is 0 Å². The Morgan fingerprint density at radius 1 is 0.759 bits per heavy atom. The number of amides is 1. The van der Waals surface area contributed by atoms with Crippen LogP contribution in [-0.2, 0) is 23.0 Å². The minimum atomic E-state index is -6.21. The van der Waals surface area contributed by atoms with Crippen molar-refractivity contribution in [3.05, 3.63) is 0 Å². The molecule has 7 nitrogen and oxygen atoms in total. The number of hydrogen-bond acceptors (Lipinski definition) is 6. The first kappa shape index (κ1) is 25.9. The van der Waals surface area contributed by atoms with Gasteiger partial charge < -0.3 is 4.90 Å². The molecule has 0 bridgehead atoms. The van der Waals surface area contributed by atoms with E-state index < -0.39 is 45.2 Å². The Morgan fingerprint density at radius 2 is 1.14 bits per heavy atom. The Hall–Kier alpha value is -1.16. The predicted octanol–water partition coefficient (Wildman–Crippen LogP) is 3.23. The van der Waals surface area contributed by atoms with Crippen LogP contribution in [0.25, 0.3) is 0 Å². The highest BCUT2D eigenvalue weighted by Crippen LogP contribution is 2.54. The lowest BCUT2D eigenvalue weighted by molar-refractivity contribution is -0.296. The molecule has 1 aliphatic rings. The molecule has 1 saturated heterocycles. The van der Waals surface area contributed by atoms with Gasteiger partial charge in [0.1, 0.15) is 13.2 Å². The molecule has 29 heavy (non-hydrogen) atoms. The third-order valence-corrected chi connectivity index (χ3v) is 4.60. The van der Waals surface area contributed by atoms with Crippen LogP contribution in [0.2, 0.25) is 0 Å². The van der Waals surface area contributed by atoms with E-state index in [0.29, 0.717) is 11.5 Å². The van der Waals surface area contributed by atoms with E-state index in [1.165, 1.54) is 0 Å². The molecular formula is C11H13F10N2O5P. The number of hydrogen-bond donors (Lipinski definition) is 0. The number of phosphoric ester groups is 1. The Morgan fingerprint density at radius 3 is 1.45 bits per heavy atom. The topological polar surface area (TPSA) is 68.3 Å². The summed E-state index contributed by atoms with van der Waals surface area (Å²) >= 11 is 0. The first-order valence-corrected chi connectivity index (χ1v) is 8.81. The molecule has 0 unspecified atom stereocenters. The highest BCUT2D eigenvalue weighted by molar-refractivity contribution is 7.48. The maximum absolute atomic E-state index is 12.9. The van der Waals surface area contributed by atoms with Crippen LogP contribution in [0.4, 0.5) is 43.9 Å². The van der Waals surface area contributed by atoms with Crippen molar-refractivity contribution in [2.45, 2.75) is 24.2 Å². The molecule has 1 fully saturated rings. The molecule has 18 heteroatoms. The molecule has 1 amide bonds. The maximum Gasteiger partial charge on any atom is 0.492 e. The highest BCUT2D eigenvalue weighted by atomic mass is 31.2. The second kappa shape index (κ2) is 8.91. The van der Waals surface area contributed by atoms with Gasteiger partial charge in [-0.2, -0.15) is 53.6 Å². The van der Waals surface area contributed by atoms with Crippen LogP contribution in [-0.4, -0.2) is 80.0 Å². The summed E-state index contributed by atoms with van der Waals surface area (Å²) in [6.07, 6.45) is -12.0. The van der Waals surface area contributed by atoms with Crippen molar-refractivity contribution in [3.63, 3.8) is 0 Å². The molecule has 0 saturated carbocycles. The summed E-state index contributed by atoms with van der Waals surface area (Å²) < 4.78 is 149. The van der Waals surface area contributed by atoms with Crippen LogP contribution in [0.1, 0.15) is 0 Å². The molecule has 0 spiro atoms. The van der Waals surface area contributed by atoms with E-state index >= 15 is 0 Å². The molecule has 1 rings (SSSR count). The van der Waals surface area contributed by atoms with E-state index in [4.69, 9.17) is 0 Å². The van der Waals surface area contributed by atoms with E-state index in [2.05, 4.69) is 13.7 Å². The monoisotopic (exact) mass is 474 g/mol. The van der Waals surface area contributed by atoms with Crippen LogP contribution >= 0.6 is 7.82 Å². The zero-order chi connectivity index (χ0) is 22.7. The fourth-order valence-electron chi connectivity index (χ4n) is 1.60. The highest BCUT2D eigenvalue weighted by Gasteiger charge is 2.61. The van der Waals surface area contributed by atoms with Gasteiger partial charge >= 0.3 is 32.0 Å². The quantitative estimate of drug-likeness (QED) is 0.291. The van der Waals surface area contributed by atoms with Gasteiger partial charge in [-0.05, 0) is 0 Å². The van der Waals surface area contributed by atoms with Crippen molar-refractivity contribution in [1.29, 1.82) is 0 Å². The summed E-state index contributed by atoms with van der Waals surface area (Å²) in [4.78, 5) is 11.7. The predicted molar refractivity (Wildman–Crippen MR) is 71.8 cm³/mol. The van der Waals surface area contributed by atoms with Crippen molar-refractivity contribution >= 4 is 14.2 Å². The molecule has 0 aliphatic carbocycles. The number of nitrogens with zero attached hydrogens (tertiary/aromatic N) is 2. The molecule has 0 atom stereocenters. The summed E-state index contributed by atoms with van der Waals surface area (Å²) in [5.74, 6) is -11.3. The van der Waals surface area contributed by atoms with Crippen molar-refractivity contribution in [2.24, 2.45) is 0 Å². The Balaban J connectivity index is 2.92. The fourth-order valence-corrected chi connectivity index (χ4v) is 2.86. The second-order valence-electron chi connectivity index (χ2n) is 5.55. The zero-order valence-corrected chi connectivity index (χ0v) is 14.9. The van der Waals surface area contributed by atoms with Gasteiger partial charge in [0.25, 0.3) is 0 Å². The van der Waals surface area contributed by atoms with Gasteiger partial charge in [0.05, 0.1) is 0 Å². The largest absolute Gasteiger partial charge is 0.492 e. The first-order valence-electron chi connectivity index (χ1n) is 7.35. The molecule has 0 aromatic carbocycles. The van der Waals surface area contributed by atoms with Crippen LogP contribution in [0.5, 0.6) is 0 Å². The van der Waals surface area contributed by atoms with Crippen molar-refractivity contribution in [1.82, 2.24) is 9.96 Å². The van der Waals surface area contributed by atoms with E-state index in [1.807, 2.05) is 0 Å². The molecule has 0 aromatic heterocycles. The second-order valence-corrected chi connectivity index (χ2v) is 7.12. The van der Waals surface area contributed by atoms with Gasteiger partial charge in [-0.1, -0.05) is 0 Å². The van der Waals surface area contributed by atoms with Gasteiger partial charge in [0.2, 0.25) is 6.41 Å². The molecule has 1 aliphatic heterocycles. The average molecular weight is 474 g/mol. The molecular weight excluding hydrogens is 461 g/mol. The lowest BCUT2D eigenvalue weighted by Gasteiger charge is -2.33. The number of rotatable bonds is 9. The maximum atomic E-state index is 12.9. The number of hydroxylamine groups is 2. The third-order valence-electron chi connectivity index (χ3n) is 3.28. The fraction of sp³-hybridized carbons (Fsp3) is 0.909. The van der Waals surface area contributed by atoms with Gasteiger partial charge in [0, 0.05) is 26.2 Å². The minimum absolute atomic E-state index is 0.138. The average Bonchev–Trinajstić information content (AvgIpc) is 2.57. The van der Waals surface area contributed by atoms with Gasteiger partial charge in [-0.3, -0.25) is 13.8 Å². The number of carbonyl (C=O) groups excluding carboxylic acids is 1. The summed E-state index contributed by atoms with van der Waals surface area (Å²) in [6, 6.07) is 0. The number of alkyl halides is 10. The number of halogens is 10. The number of phosphoric acid groups is 1. The van der Waals surface area contributed by atoms with Crippen molar-refractivity contribution < 1.29 is 66.9 Å². The molecule has 0 radical (unpaired) electrons. The molecule has 172 valence electrons. The van der Waals surface area contributed by atoms with E-state index in [9.17, 15) is 53.3 Å². The van der Waals surface area contributed by atoms with Gasteiger partial charge in [-0.15, -0.1) is 0 Å². The third kappa shape index (κ3) is 7.24. The normalized spacial score (nSPS) is 18.2. The number of piperazine rings is 1. The Labute approximate surface area is 156 Å². The smallest absolute Gasteiger partial charge is 0.343 e. The van der Waals surface area contributed by atoms with E-state index in [1.54, 1.807) is 0 Å². The lowest BCUT2D eigenvalue weighted by Crippen LogP contribution is -2.46. The first-order chi connectivity index (χ1) is 12.9. The van der Waals surface area contributed by atoms with Crippen LogP contribution in [0, 0.1) is 0 Å². The van der Waals surface area contributed by atoms with Crippen molar-refractivity contribution in [2.75, 3.05) is 39.4 Å².